The van der Waals surface area contributed by atoms with Gasteiger partial charge in [-0.25, -0.2) is 4.68 Å². The van der Waals surface area contributed by atoms with Gasteiger partial charge in [-0.1, -0.05) is 11.6 Å². The maximum absolute atomic E-state index is 11.9. The van der Waals surface area contributed by atoms with Crippen molar-refractivity contribution in [3.63, 3.8) is 0 Å². The van der Waals surface area contributed by atoms with E-state index < -0.39 is 0 Å². The van der Waals surface area contributed by atoms with Crippen LogP contribution in [0.15, 0.2) is 36.7 Å². The first kappa shape index (κ1) is 14.6. The highest BCUT2D eigenvalue weighted by atomic mass is 35.5. The molecule has 1 aromatic carbocycles. The zero-order valence-electron chi connectivity index (χ0n) is 11.2. The number of hydrogen-bond acceptors (Lipinski definition) is 3. The van der Waals surface area contributed by atoms with E-state index in [0.29, 0.717) is 23.6 Å². The lowest BCUT2D eigenvalue weighted by molar-refractivity contribution is -0.116. The average molecular weight is 293 g/mol. The number of halogens is 1. The van der Waals surface area contributed by atoms with Crippen molar-refractivity contribution < 1.29 is 4.79 Å². The van der Waals surface area contributed by atoms with Crippen molar-refractivity contribution in [1.29, 1.82) is 0 Å². The Bertz CT molecular complexity index is 581. The van der Waals surface area contributed by atoms with E-state index in [4.69, 9.17) is 17.3 Å². The van der Waals surface area contributed by atoms with Crippen LogP contribution >= 0.6 is 11.6 Å². The van der Waals surface area contributed by atoms with Gasteiger partial charge in [0, 0.05) is 29.9 Å². The quantitative estimate of drug-likeness (QED) is 0.889. The molecule has 0 saturated carbocycles. The Morgan fingerprint density at radius 1 is 1.55 bits per heavy atom. The van der Waals surface area contributed by atoms with Crippen LogP contribution in [0.4, 0.5) is 5.69 Å². The molecule has 5 nitrogen and oxygen atoms in total. The molecule has 1 aromatic heterocycles. The minimum Gasteiger partial charge on any atom is -0.328 e. The van der Waals surface area contributed by atoms with Crippen molar-refractivity contribution in [1.82, 2.24) is 9.78 Å². The smallest absolute Gasteiger partial charge is 0.224 e. The molecule has 0 spiro atoms. The summed E-state index contributed by atoms with van der Waals surface area (Å²) in [4.78, 5) is 11.9. The number of carbonyl (C=O) groups is 1. The van der Waals surface area contributed by atoms with E-state index in [1.807, 2.05) is 19.1 Å². The minimum absolute atomic E-state index is 0.00528. The van der Waals surface area contributed by atoms with Crippen molar-refractivity contribution in [2.45, 2.75) is 25.8 Å². The zero-order chi connectivity index (χ0) is 14.5. The SMILES string of the molecule is CC(N)CCC(=O)Nc1cc(Cl)ccc1-n1cccn1. The Balaban J connectivity index is 2.18. The molecule has 1 amide bonds. The summed E-state index contributed by atoms with van der Waals surface area (Å²) in [6.07, 6.45) is 4.50. The Labute approximate surface area is 122 Å². The number of hydrogen-bond donors (Lipinski definition) is 2. The third-order valence-corrected chi connectivity index (χ3v) is 3.05. The summed E-state index contributed by atoms with van der Waals surface area (Å²) < 4.78 is 1.68. The molecule has 3 N–H and O–H groups in total. The number of nitrogens with two attached hydrogens (primary N) is 1. The minimum atomic E-state index is -0.0852. The monoisotopic (exact) mass is 292 g/mol. The van der Waals surface area contributed by atoms with E-state index in [2.05, 4.69) is 10.4 Å². The number of amides is 1. The maximum Gasteiger partial charge on any atom is 0.224 e. The van der Waals surface area contributed by atoms with Gasteiger partial charge in [0.1, 0.15) is 0 Å². The molecule has 1 heterocycles. The molecular weight excluding hydrogens is 276 g/mol. The second kappa shape index (κ2) is 6.54. The summed E-state index contributed by atoms with van der Waals surface area (Å²) in [6, 6.07) is 7.11. The summed E-state index contributed by atoms with van der Waals surface area (Å²) in [5.41, 5.74) is 7.06. The van der Waals surface area contributed by atoms with Gasteiger partial charge in [-0.05, 0) is 37.6 Å². The molecule has 0 aliphatic rings. The van der Waals surface area contributed by atoms with E-state index in [9.17, 15) is 4.79 Å². The van der Waals surface area contributed by atoms with Crippen molar-refractivity contribution in [3.05, 3.63) is 41.7 Å². The van der Waals surface area contributed by atoms with Crippen LogP contribution < -0.4 is 11.1 Å². The third-order valence-electron chi connectivity index (χ3n) is 2.81. The molecule has 2 aromatic rings. The molecule has 6 heteroatoms. The average Bonchev–Trinajstić information content (AvgIpc) is 2.90. The highest BCUT2D eigenvalue weighted by molar-refractivity contribution is 6.31. The summed E-state index contributed by atoms with van der Waals surface area (Å²) in [5.74, 6) is -0.0852. The third kappa shape index (κ3) is 3.82. The zero-order valence-corrected chi connectivity index (χ0v) is 12.0. The fourth-order valence-electron chi connectivity index (χ4n) is 1.79. The van der Waals surface area contributed by atoms with E-state index in [1.165, 1.54) is 0 Å². The number of rotatable bonds is 5. The first-order valence-electron chi connectivity index (χ1n) is 6.41. The summed E-state index contributed by atoms with van der Waals surface area (Å²) in [7, 11) is 0. The normalized spacial score (nSPS) is 12.2. The number of nitrogens with one attached hydrogen (secondary N) is 1. The van der Waals surface area contributed by atoms with Crippen molar-refractivity contribution in [2.75, 3.05) is 5.32 Å². The second-order valence-corrected chi connectivity index (χ2v) is 5.11. The molecule has 0 bridgehead atoms. The number of nitrogens with zero attached hydrogens (tertiary/aromatic N) is 2. The van der Waals surface area contributed by atoms with Gasteiger partial charge in [0.25, 0.3) is 0 Å². The van der Waals surface area contributed by atoms with Crippen molar-refractivity contribution in [2.24, 2.45) is 5.73 Å². The number of carbonyl (C=O) groups excluding carboxylic acids is 1. The highest BCUT2D eigenvalue weighted by Crippen LogP contribution is 2.24. The first-order chi connectivity index (χ1) is 9.56. The summed E-state index contributed by atoms with van der Waals surface area (Å²) >= 11 is 5.99. The molecule has 0 fully saturated rings. The van der Waals surface area contributed by atoms with Gasteiger partial charge in [-0.3, -0.25) is 4.79 Å². The number of aromatic nitrogens is 2. The lowest BCUT2D eigenvalue weighted by Gasteiger charge is -2.12. The highest BCUT2D eigenvalue weighted by Gasteiger charge is 2.10. The molecule has 0 aliphatic carbocycles. The molecule has 2 rings (SSSR count). The maximum atomic E-state index is 11.9. The van der Waals surface area contributed by atoms with E-state index in [1.54, 1.807) is 29.2 Å². The fraction of sp³-hybridized carbons (Fsp3) is 0.286. The number of anilines is 1. The van der Waals surface area contributed by atoms with E-state index in [0.717, 1.165) is 5.69 Å². The lowest BCUT2D eigenvalue weighted by Crippen LogP contribution is -2.20. The van der Waals surface area contributed by atoms with Crippen LogP contribution in [0, 0.1) is 0 Å². The Kier molecular flexibility index (Phi) is 4.76. The van der Waals surface area contributed by atoms with Crippen LogP contribution in [-0.4, -0.2) is 21.7 Å². The first-order valence-corrected chi connectivity index (χ1v) is 6.79. The molecule has 0 radical (unpaired) electrons. The van der Waals surface area contributed by atoms with Gasteiger partial charge in [0.15, 0.2) is 0 Å². The van der Waals surface area contributed by atoms with Crippen molar-refractivity contribution >= 4 is 23.2 Å². The molecular formula is C14H17ClN4O. The molecule has 1 unspecified atom stereocenters. The van der Waals surface area contributed by atoms with Crippen LogP contribution in [-0.2, 0) is 4.79 Å². The topological polar surface area (TPSA) is 72.9 Å². The Morgan fingerprint density at radius 3 is 3.00 bits per heavy atom. The van der Waals surface area contributed by atoms with Crippen LogP contribution in [0.2, 0.25) is 5.02 Å². The van der Waals surface area contributed by atoms with Gasteiger partial charge >= 0.3 is 0 Å². The predicted molar refractivity (Wildman–Crippen MR) is 80.1 cm³/mol. The largest absolute Gasteiger partial charge is 0.328 e. The molecule has 0 saturated heterocycles. The summed E-state index contributed by atoms with van der Waals surface area (Å²) in [6.45, 7) is 1.88. The van der Waals surface area contributed by atoms with Gasteiger partial charge in [-0.2, -0.15) is 5.10 Å². The molecule has 0 aliphatic heterocycles. The van der Waals surface area contributed by atoms with Crippen LogP contribution in [0.5, 0.6) is 0 Å². The fourth-order valence-corrected chi connectivity index (χ4v) is 1.96. The van der Waals surface area contributed by atoms with E-state index in [-0.39, 0.29) is 11.9 Å². The summed E-state index contributed by atoms with van der Waals surface area (Å²) in [5, 5.41) is 7.57. The van der Waals surface area contributed by atoms with Gasteiger partial charge in [0.05, 0.1) is 11.4 Å². The van der Waals surface area contributed by atoms with Gasteiger partial charge in [-0.15, -0.1) is 0 Å². The van der Waals surface area contributed by atoms with Crippen LogP contribution in [0.3, 0.4) is 0 Å². The van der Waals surface area contributed by atoms with Crippen molar-refractivity contribution in [3.8, 4) is 5.69 Å². The Hall–Kier alpha value is -1.85. The van der Waals surface area contributed by atoms with Gasteiger partial charge < -0.3 is 11.1 Å². The second-order valence-electron chi connectivity index (χ2n) is 4.68. The predicted octanol–water partition coefficient (Wildman–Crippen LogP) is 2.59. The van der Waals surface area contributed by atoms with Gasteiger partial charge in [0.2, 0.25) is 5.91 Å². The molecule has 20 heavy (non-hydrogen) atoms. The van der Waals surface area contributed by atoms with E-state index >= 15 is 0 Å². The molecule has 1 atom stereocenters. The van der Waals surface area contributed by atoms with Crippen LogP contribution in [0.1, 0.15) is 19.8 Å². The lowest BCUT2D eigenvalue weighted by atomic mass is 10.2. The standard InChI is InChI=1S/C14H17ClN4O/c1-10(16)3-6-14(20)18-12-9-11(15)4-5-13(12)19-8-2-7-17-19/h2,4-5,7-10H,3,6,16H2,1H3,(H,18,20). The number of benzene rings is 1. The Morgan fingerprint density at radius 2 is 2.35 bits per heavy atom. The van der Waals surface area contributed by atoms with Crippen LogP contribution in [0.25, 0.3) is 5.69 Å². The molecule has 106 valence electrons.